The van der Waals surface area contributed by atoms with Crippen molar-refractivity contribution < 1.29 is 4.79 Å². The van der Waals surface area contributed by atoms with E-state index in [-0.39, 0.29) is 5.91 Å². The quantitative estimate of drug-likeness (QED) is 0.907. The average molecular weight is 247 g/mol. The molecule has 2 rings (SSSR count). The van der Waals surface area contributed by atoms with E-state index < -0.39 is 0 Å². The molecule has 0 bridgehead atoms. The first-order valence-corrected chi connectivity index (χ1v) is 6.19. The molecule has 0 aliphatic carbocycles. The molecule has 0 atom stereocenters. The van der Waals surface area contributed by atoms with Crippen LogP contribution < -0.4 is 5.32 Å². The lowest BCUT2D eigenvalue weighted by molar-refractivity contribution is 0.103. The molecule has 0 aromatic carbocycles. The van der Waals surface area contributed by atoms with Crippen molar-refractivity contribution in [3.8, 4) is 0 Å². The van der Waals surface area contributed by atoms with Gasteiger partial charge in [-0.1, -0.05) is 13.0 Å². The van der Waals surface area contributed by atoms with E-state index in [1.54, 1.807) is 18.5 Å². The molecular formula is C12H13N3OS. The summed E-state index contributed by atoms with van der Waals surface area (Å²) in [4.78, 5) is 20.7. The maximum absolute atomic E-state index is 11.8. The van der Waals surface area contributed by atoms with Crippen molar-refractivity contribution in [2.75, 3.05) is 5.32 Å². The third kappa shape index (κ3) is 2.88. The Hall–Kier alpha value is -1.75. The molecule has 0 spiro atoms. The molecule has 0 saturated heterocycles. The van der Waals surface area contributed by atoms with Crippen molar-refractivity contribution in [2.45, 2.75) is 20.3 Å². The first-order valence-electron chi connectivity index (χ1n) is 5.37. The Kier molecular flexibility index (Phi) is 3.49. The van der Waals surface area contributed by atoms with Crippen LogP contribution in [-0.2, 0) is 6.42 Å². The Morgan fingerprint density at radius 3 is 2.76 bits per heavy atom. The van der Waals surface area contributed by atoms with Crippen LogP contribution in [0.25, 0.3) is 0 Å². The molecule has 2 aromatic heterocycles. The van der Waals surface area contributed by atoms with Gasteiger partial charge in [0.1, 0.15) is 10.7 Å². The predicted octanol–water partition coefficient (Wildman–Crippen LogP) is 2.66. The summed E-state index contributed by atoms with van der Waals surface area (Å²) >= 11 is 1.41. The first-order chi connectivity index (χ1) is 8.19. The largest absolute Gasteiger partial charge is 0.306 e. The van der Waals surface area contributed by atoms with Gasteiger partial charge in [0, 0.05) is 6.20 Å². The summed E-state index contributed by atoms with van der Waals surface area (Å²) in [7, 11) is 0. The third-order valence-corrected chi connectivity index (χ3v) is 3.37. The highest BCUT2D eigenvalue weighted by Gasteiger charge is 2.10. The third-order valence-electron chi connectivity index (χ3n) is 2.23. The van der Waals surface area contributed by atoms with Crippen molar-refractivity contribution in [1.29, 1.82) is 0 Å². The summed E-state index contributed by atoms with van der Waals surface area (Å²) in [6.45, 7) is 3.97. The number of rotatable bonds is 3. The minimum absolute atomic E-state index is 0.154. The Morgan fingerprint density at radius 1 is 1.35 bits per heavy atom. The van der Waals surface area contributed by atoms with Crippen molar-refractivity contribution >= 4 is 23.1 Å². The minimum atomic E-state index is -0.154. The zero-order valence-electron chi connectivity index (χ0n) is 9.73. The van der Waals surface area contributed by atoms with Crippen LogP contribution >= 0.6 is 11.3 Å². The molecule has 0 unspecified atom stereocenters. The van der Waals surface area contributed by atoms with Crippen LogP contribution in [0.5, 0.6) is 0 Å². The number of nitrogens with zero attached hydrogens (tertiary/aromatic N) is 2. The van der Waals surface area contributed by atoms with E-state index in [1.165, 1.54) is 11.3 Å². The van der Waals surface area contributed by atoms with E-state index in [9.17, 15) is 4.79 Å². The first kappa shape index (κ1) is 11.7. The summed E-state index contributed by atoms with van der Waals surface area (Å²) < 4.78 is 0. The number of amides is 1. The molecule has 0 fully saturated rings. The number of nitrogens with one attached hydrogen (secondary N) is 1. The number of pyridine rings is 1. The zero-order chi connectivity index (χ0) is 12.3. The second kappa shape index (κ2) is 5.05. The molecule has 4 nitrogen and oxygen atoms in total. The van der Waals surface area contributed by atoms with E-state index >= 15 is 0 Å². The van der Waals surface area contributed by atoms with Gasteiger partial charge in [0.25, 0.3) is 5.91 Å². The number of carbonyl (C=O) groups is 1. The van der Waals surface area contributed by atoms with Crippen molar-refractivity contribution in [1.82, 2.24) is 9.97 Å². The maximum Gasteiger partial charge on any atom is 0.268 e. The summed E-state index contributed by atoms with van der Waals surface area (Å²) in [5, 5.41) is 3.71. The topological polar surface area (TPSA) is 54.9 Å². The molecule has 0 aliphatic heterocycles. The molecule has 0 aliphatic rings. The lowest BCUT2D eigenvalue weighted by Gasteiger charge is -2.01. The number of aryl methyl sites for hydroxylation is 2. The number of aromatic nitrogens is 2. The second-order valence-electron chi connectivity index (χ2n) is 3.65. The smallest absolute Gasteiger partial charge is 0.268 e. The summed E-state index contributed by atoms with van der Waals surface area (Å²) in [5.74, 6) is 0.408. The van der Waals surface area contributed by atoms with Gasteiger partial charge >= 0.3 is 0 Å². The number of hydrogen-bond acceptors (Lipinski definition) is 4. The van der Waals surface area contributed by atoms with Crippen LogP contribution in [0.4, 0.5) is 5.82 Å². The molecule has 88 valence electrons. The molecule has 2 heterocycles. The normalized spacial score (nSPS) is 10.2. The van der Waals surface area contributed by atoms with Crippen LogP contribution in [0.3, 0.4) is 0 Å². The Labute approximate surface area is 104 Å². The predicted molar refractivity (Wildman–Crippen MR) is 68.4 cm³/mol. The number of thiazole rings is 1. The van der Waals surface area contributed by atoms with Crippen molar-refractivity contribution in [3.05, 3.63) is 40.0 Å². The van der Waals surface area contributed by atoms with Crippen LogP contribution in [0.2, 0.25) is 0 Å². The van der Waals surface area contributed by atoms with Gasteiger partial charge in [0.2, 0.25) is 0 Å². The Morgan fingerprint density at radius 2 is 2.18 bits per heavy atom. The van der Waals surface area contributed by atoms with Gasteiger partial charge in [-0.25, -0.2) is 9.97 Å². The average Bonchev–Trinajstić information content (AvgIpc) is 2.81. The Bertz CT molecular complexity index is 519. The van der Waals surface area contributed by atoms with Gasteiger partial charge in [0.15, 0.2) is 0 Å². The second-order valence-corrected chi connectivity index (χ2v) is 4.76. The fraction of sp³-hybridized carbons (Fsp3) is 0.250. The minimum Gasteiger partial charge on any atom is -0.306 e. The van der Waals surface area contributed by atoms with E-state index in [4.69, 9.17) is 0 Å². The zero-order valence-corrected chi connectivity index (χ0v) is 10.5. The molecule has 0 saturated carbocycles. The molecule has 5 heteroatoms. The number of hydrogen-bond donors (Lipinski definition) is 1. The van der Waals surface area contributed by atoms with Gasteiger partial charge in [-0.05, 0) is 25.0 Å². The van der Waals surface area contributed by atoms with Crippen LogP contribution in [0, 0.1) is 6.92 Å². The van der Waals surface area contributed by atoms with Gasteiger partial charge in [0.05, 0.1) is 11.2 Å². The number of carbonyl (C=O) groups excluding carboxylic acids is 1. The molecular weight excluding hydrogens is 234 g/mol. The van der Waals surface area contributed by atoms with E-state index in [2.05, 4.69) is 15.3 Å². The fourth-order valence-corrected chi connectivity index (χ4v) is 2.05. The molecule has 2 aromatic rings. The van der Waals surface area contributed by atoms with E-state index in [0.29, 0.717) is 10.7 Å². The lowest BCUT2D eigenvalue weighted by Crippen LogP contribution is -2.11. The highest BCUT2D eigenvalue weighted by molar-refractivity contribution is 7.13. The van der Waals surface area contributed by atoms with Gasteiger partial charge in [-0.3, -0.25) is 4.79 Å². The van der Waals surface area contributed by atoms with E-state index in [1.807, 2.05) is 19.9 Å². The van der Waals surface area contributed by atoms with Gasteiger partial charge in [-0.2, -0.15) is 0 Å². The monoisotopic (exact) mass is 247 g/mol. The summed E-state index contributed by atoms with van der Waals surface area (Å²) in [6, 6.07) is 3.70. The maximum atomic E-state index is 11.8. The molecule has 0 radical (unpaired) electrons. The van der Waals surface area contributed by atoms with Crippen LogP contribution in [-0.4, -0.2) is 15.9 Å². The molecule has 1 N–H and O–H groups in total. The Balaban J connectivity index is 2.08. The van der Waals surface area contributed by atoms with Crippen molar-refractivity contribution in [3.63, 3.8) is 0 Å². The lowest BCUT2D eigenvalue weighted by atomic mass is 10.3. The standard InChI is InChI=1S/C12H13N3OS/c1-3-11-14-7-9(17-11)12(16)15-10-5-4-8(2)6-13-10/h4-7H,3H2,1-2H3,(H,13,15,16). The molecule has 17 heavy (non-hydrogen) atoms. The fourth-order valence-electron chi connectivity index (χ4n) is 1.30. The van der Waals surface area contributed by atoms with Crippen molar-refractivity contribution in [2.24, 2.45) is 0 Å². The van der Waals surface area contributed by atoms with Crippen LogP contribution in [0.1, 0.15) is 27.2 Å². The van der Waals surface area contributed by atoms with Gasteiger partial charge in [-0.15, -0.1) is 11.3 Å². The summed E-state index contributed by atoms with van der Waals surface area (Å²) in [5.41, 5.74) is 1.06. The number of anilines is 1. The summed E-state index contributed by atoms with van der Waals surface area (Å²) in [6.07, 6.45) is 4.17. The highest BCUT2D eigenvalue weighted by atomic mass is 32.1. The molecule has 1 amide bonds. The highest BCUT2D eigenvalue weighted by Crippen LogP contribution is 2.15. The van der Waals surface area contributed by atoms with E-state index in [0.717, 1.165) is 17.0 Å². The van der Waals surface area contributed by atoms with Crippen LogP contribution in [0.15, 0.2) is 24.5 Å². The SMILES string of the molecule is CCc1ncc(C(=O)Nc2ccc(C)cn2)s1. The van der Waals surface area contributed by atoms with Gasteiger partial charge < -0.3 is 5.32 Å².